The average molecular weight is 348 g/mol. The molecule has 0 amide bonds. The van der Waals surface area contributed by atoms with E-state index in [-0.39, 0.29) is 21.5 Å². The van der Waals surface area contributed by atoms with Crippen LogP contribution in [0.5, 0.6) is 0 Å². The summed E-state index contributed by atoms with van der Waals surface area (Å²) in [7, 11) is -2.39. The first-order valence-electron chi connectivity index (χ1n) is 5.97. The van der Waals surface area contributed by atoms with Gasteiger partial charge in [0.25, 0.3) is 0 Å². The zero-order valence-corrected chi connectivity index (χ0v) is 13.4. The topological polar surface area (TPSA) is 37.4 Å². The van der Waals surface area contributed by atoms with E-state index in [0.29, 0.717) is 5.56 Å². The minimum Gasteiger partial charge on any atom is -0.207 e. The van der Waals surface area contributed by atoms with Crippen LogP contribution in [0.3, 0.4) is 0 Å². The minimum atomic E-state index is -3.77. The molecular formula is C14H12Cl2FNO2S. The fourth-order valence-corrected chi connectivity index (χ4v) is 3.31. The Morgan fingerprint density at radius 3 is 2.38 bits per heavy atom. The van der Waals surface area contributed by atoms with Gasteiger partial charge in [-0.2, -0.15) is 4.31 Å². The largest absolute Gasteiger partial charge is 0.243 e. The fourth-order valence-electron chi connectivity index (χ4n) is 1.77. The molecule has 112 valence electrons. The first-order chi connectivity index (χ1) is 9.82. The summed E-state index contributed by atoms with van der Waals surface area (Å²) in [5.74, 6) is -0.450. The molecule has 0 heterocycles. The van der Waals surface area contributed by atoms with E-state index in [1.807, 2.05) is 0 Å². The number of halogens is 3. The van der Waals surface area contributed by atoms with Crippen LogP contribution in [-0.2, 0) is 16.6 Å². The van der Waals surface area contributed by atoms with Gasteiger partial charge in [-0.05, 0) is 24.3 Å². The quantitative estimate of drug-likeness (QED) is 0.839. The number of hydrogen-bond acceptors (Lipinski definition) is 2. The summed E-state index contributed by atoms with van der Waals surface area (Å²) in [5, 5.41) is 0.421. The Morgan fingerprint density at radius 2 is 1.76 bits per heavy atom. The van der Waals surface area contributed by atoms with Crippen LogP contribution in [0.2, 0.25) is 10.0 Å². The molecule has 0 aliphatic rings. The Labute approximate surface area is 133 Å². The lowest BCUT2D eigenvalue weighted by molar-refractivity contribution is 0.456. The molecule has 2 aromatic rings. The van der Waals surface area contributed by atoms with Gasteiger partial charge >= 0.3 is 0 Å². The van der Waals surface area contributed by atoms with Crippen LogP contribution in [-0.4, -0.2) is 19.8 Å². The Hall–Kier alpha value is -1.14. The van der Waals surface area contributed by atoms with Crippen molar-refractivity contribution in [3.63, 3.8) is 0 Å². The summed E-state index contributed by atoms with van der Waals surface area (Å²) >= 11 is 11.6. The normalized spacial score (nSPS) is 11.9. The first-order valence-corrected chi connectivity index (χ1v) is 8.17. The molecule has 0 aliphatic carbocycles. The highest BCUT2D eigenvalue weighted by Gasteiger charge is 2.22. The number of hydrogen-bond donors (Lipinski definition) is 0. The molecule has 0 radical (unpaired) electrons. The second-order valence-corrected chi connectivity index (χ2v) is 7.29. The van der Waals surface area contributed by atoms with Gasteiger partial charge in [0.05, 0.1) is 14.9 Å². The predicted octanol–water partition coefficient (Wildman–Crippen LogP) is 3.95. The number of benzene rings is 2. The molecule has 0 unspecified atom stereocenters. The summed E-state index contributed by atoms with van der Waals surface area (Å²) in [5.41, 5.74) is 0.295. The van der Waals surface area contributed by atoms with Gasteiger partial charge in [0.1, 0.15) is 5.82 Å². The number of nitrogens with zero attached hydrogens (tertiary/aromatic N) is 1. The lowest BCUT2D eigenvalue weighted by Gasteiger charge is -2.18. The van der Waals surface area contributed by atoms with E-state index in [0.717, 1.165) is 4.31 Å². The van der Waals surface area contributed by atoms with Gasteiger partial charge in [-0.3, -0.25) is 0 Å². The van der Waals surface area contributed by atoms with Gasteiger partial charge in [-0.15, -0.1) is 0 Å². The van der Waals surface area contributed by atoms with Crippen LogP contribution < -0.4 is 0 Å². The first kappa shape index (κ1) is 16.2. The molecule has 7 heteroatoms. The summed E-state index contributed by atoms with van der Waals surface area (Å²) in [6.45, 7) is -0.0742. The molecule has 0 spiro atoms. The Kier molecular flexibility index (Phi) is 4.88. The summed E-state index contributed by atoms with van der Waals surface area (Å²) < 4.78 is 39.5. The van der Waals surface area contributed by atoms with Crippen LogP contribution in [0.1, 0.15) is 5.56 Å². The molecule has 0 N–H and O–H groups in total. The fraction of sp³-hybridized carbons (Fsp3) is 0.143. The molecule has 0 aromatic heterocycles. The summed E-state index contributed by atoms with van der Waals surface area (Å²) in [6.07, 6.45) is 0. The highest BCUT2D eigenvalue weighted by Crippen LogP contribution is 2.26. The van der Waals surface area contributed by atoms with E-state index in [1.165, 1.54) is 37.4 Å². The van der Waals surface area contributed by atoms with Crippen LogP contribution in [0, 0.1) is 5.82 Å². The van der Waals surface area contributed by atoms with E-state index in [1.54, 1.807) is 12.1 Å². The van der Waals surface area contributed by atoms with Gasteiger partial charge < -0.3 is 0 Å². The zero-order valence-electron chi connectivity index (χ0n) is 11.1. The molecule has 2 aromatic carbocycles. The summed E-state index contributed by atoms with van der Waals surface area (Å²) in [6, 6.07) is 10.1. The van der Waals surface area contributed by atoms with Gasteiger partial charge in [0, 0.05) is 19.2 Å². The minimum absolute atomic E-state index is 0.00994. The molecule has 2 rings (SSSR count). The van der Waals surface area contributed by atoms with Crippen molar-refractivity contribution in [3.8, 4) is 0 Å². The molecule has 21 heavy (non-hydrogen) atoms. The lowest BCUT2D eigenvalue weighted by atomic mass is 10.2. The Morgan fingerprint density at radius 1 is 1.10 bits per heavy atom. The van der Waals surface area contributed by atoms with E-state index in [2.05, 4.69) is 0 Å². The second-order valence-electron chi connectivity index (χ2n) is 4.43. The van der Waals surface area contributed by atoms with Gasteiger partial charge in [-0.1, -0.05) is 41.4 Å². The summed E-state index contributed by atoms with van der Waals surface area (Å²) in [4.78, 5) is 0.00994. The third-order valence-electron chi connectivity index (χ3n) is 2.95. The van der Waals surface area contributed by atoms with Crippen molar-refractivity contribution in [1.82, 2.24) is 4.31 Å². The van der Waals surface area contributed by atoms with E-state index < -0.39 is 15.8 Å². The average Bonchev–Trinajstić information content (AvgIpc) is 2.44. The molecule has 0 saturated carbocycles. The molecule has 3 nitrogen and oxygen atoms in total. The second kappa shape index (κ2) is 6.32. The molecular weight excluding hydrogens is 336 g/mol. The maximum atomic E-state index is 13.6. The smallest absolute Gasteiger partial charge is 0.207 e. The van der Waals surface area contributed by atoms with Crippen molar-refractivity contribution in [2.45, 2.75) is 11.4 Å². The van der Waals surface area contributed by atoms with Crippen LogP contribution in [0.25, 0.3) is 0 Å². The highest BCUT2D eigenvalue weighted by molar-refractivity contribution is 7.89. The van der Waals surface area contributed by atoms with Gasteiger partial charge in [-0.25, -0.2) is 12.8 Å². The van der Waals surface area contributed by atoms with Crippen molar-refractivity contribution < 1.29 is 12.8 Å². The number of rotatable bonds is 4. The van der Waals surface area contributed by atoms with E-state index in [4.69, 9.17) is 23.2 Å². The third-order valence-corrected chi connectivity index (χ3v) is 5.49. The monoisotopic (exact) mass is 347 g/mol. The van der Waals surface area contributed by atoms with Gasteiger partial charge in [0.15, 0.2) is 0 Å². The maximum absolute atomic E-state index is 13.6. The highest BCUT2D eigenvalue weighted by atomic mass is 35.5. The lowest BCUT2D eigenvalue weighted by Crippen LogP contribution is -2.26. The van der Waals surface area contributed by atoms with Crippen LogP contribution in [0.4, 0.5) is 4.39 Å². The number of sulfonamides is 1. The molecule has 0 atom stereocenters. The van der Waals surface area contributed by atoms with Crippen molar-refractivity contribution in [2.75, 3.05) is 7.05 Å². The van der Waals surface area contributed by atoms with Crippen molar-refractivity contribution >= 4 is 33.2 Å². The van der Waals surface area contributed by atoms with E-state index in [9.17, 15) is 12.8 Å². The molecule has 0 fully saturated rings. The van der Waals surface area contributed by atoms with Crippen LogP contribution >= 0.6 is 23.2 Å². The molecule has 0 aliphatic heterocycles. The van der Waals surface area contributed by atoms with Crippen molar-refractivity contribution in [1.29, 1.82) is 0 Å². The zero-order chi connectivity index (χ0) is 15.6. The molecule has 0 saturated heterocycles. The molecule has 0 bridgehead atoms. The van der Waals surface area contributed by atoms with Gasteiger partial charge in [0.2, 0.25) is 10.0 Å². The van der Waals surface area contributed by atoms with E-state index >= 15 is 0 Å². The third kappa shape index (κ3) is 3.55. The predicted molar refractivity (Wildman–Crippen MR) is 81.5 cm³/mol. The van der Waals surface area contributed by atoms with Crippen molar-refractivity contribution in [2.24, 2.45) is 0 Å². The maximum Gasteiger partial charge on any atom is 0.243 e. The Balaban J connectivity index is 2.30. The standard InChI is InChI=1S/C14H12Cl2FNO2S/c1-18(9-10-4-2-3-5-14(10)17)21(19,20)11-6-7-12(15)13(16)8-11/h2-8H,9H2,1H3. The van der Waals surface area contributed by atoms with Crippen LogP contribution in [0.15, 0.2) is 47.4 Å². The van der Waals surface area contributed by atoms with Crippen molar-refractivity contribution in [3.05, 3.63) is 63.9 Å². The SMILES string of the molecule is CN(Cc1ccccc1F)S(=O)(=O)c1ccc(Cl)c(Cl)c1. The Bertz CT molecular complexity index is 765.